The third-order valence-electron chi connectivity index (χ3n) is 3.61. The molecule has 2 aromatic rings. The van der Waals surface area contributed by atoms with Crippen LogP contribution >= 0.6 is 0 Å². The number of aromatic nitrogens is 1. The molecule has 0 unspecified atom stereocenters. The van der Waals surface area contributed by atoms with E-state index in [1.54, 1.807) is 13.0 Å². The van der Waals surface area contributed by atoms with Gasteiger partial charge in [-0.05, 0) is 25.8 Å². The lowest BCUT2D eigenvalue weighted by Crippen LogP contribution is -2.14. The summed E-state index contributed by atoms with van der Waals surface area (Å²) in [5.74, 6) is -2.92. The average Bonchev–Trinajstić information content (AvgIpc) is 2.67. The maximum absolute atomic E-state index is 13.9. The van der Waals surface area contributed by atoms with Crippen molar-refractivity contribution in [1.82, 2.24) is 4.57 Å². The lowest BCUT2D eigenvalue weighted by Gasteiger charge is -2.17. The van der Waals surface area contributed by atoms with E-state index >= 15 is 0 Å². The van der Waals surface area contributed by atoms with Crippen LogP contribution in [-0.2, 0) is 6.42 Å². The van der Waals surface area contributed by atoms with E-state index in [1.165, 1.54) is 4.57 Å². The number of aryl methyl sites for hydroxylation is 1. The number of Topliss-reactive ketones (excluding diaryl/α,β-unsaturated/α-hetero) is 1. The number of ketones is 1. The summed E-state index contributed by atoms with van der Waals surface area (Å²) < 4.78 is 42.3. The van der Waals surface area contributed by atoms with Gasteiger partial charge in [0.2, 0.25) is 0 Å². The molecule has 1 aliphatic rings. The van der Waals surface area contributed by atoms with Crippen molar-refractivity contribution in [3.8, 4) is 5.69 Å². The number of halogens is 3. The molecule has 2 nitrogen and oxygen atoms in total. The Morgan fingerprint density at radius 1 is 1.05 bits per heavy atom. The number of rotatable bonds is 1. The fraction of sp³-hybridized carbons (Fsp3) is 0.267. The van der Waals surface area contributed by atoms with Crippen LogP contribution in [0.15, 0.2) is 18.2 Å². The molecule has 20 heavy (non-hydrogen) atoms. The third-order valence-corrected chi connectivity index (χ3v) is 3.61. The molecule has 1 aliphatic carbocycles. The molecule has 0 amide bonds. The largest absolute Gasteiger partial charge is 0.312 e. The molecular weight excluding hydrogens is 267 g/mol. The van der Waals surface area contributed by atoms with E-state index in [0.29, 0.717) is 48.3 Å². The second-order valence-corrected chi connectivity index (χ2v) is 4.98. The minimum Gasteiger partial charge on any atom is -0.312 e. The van der Waals surface area contributed by atoms with E-state index in [0.717, 1.165) is 0 Å². The van der Waals surface area contributed by atoms with Crippen LogP contribution in [0.25, 0.3) is 5.69 Å². The molecule has 0 saturated carbocycles. The Labute approximate surface area is 113 Å². The first-order valence-corrected chi connectivity index (χ1v) is 6.38. The van der Waals surface area contributed by atoms with E-state index in [-0.39, 0.29) is 11.5 Å². The molecule has 1 aromatic heterocycles. The third kappa shape index (κ3) is 1.85. The van der Waals surface area contributed by atoms with Gasteiger partial charge in [-0.3, -0.25) is 4.79 Å². The lowest BCUT2D eigenvalue weighted by molar-refractivity contribution is 0.0972. The highest BCUT2D eigenvalue weighted by Gasteiger charge is 2.26. The van der Waals surface area contributed by atoms with Gasteiger partial charge in [-0.1, -0.05) is 0 Å². The molecule has 104 valence electrons. The van der Waals surface area contributed by atoms with Crippen molar-refractivity contribution in [2.45, 2.75) is 26.2 Å². The van der Waals surface area contributed by atoms with Crippen LogP contribution < -0.4 is 0 Å². The van der Waals surface area contributed by atoms with Crippen molar-refractivity contribution >= 4 is 5.78 Å². The summed E-state index contributed by atoms with van der Waals surface area (Å²) in [5.41, 5.74) is 1.36. The minimum atomic E-state index is -0.970. The topological polar surface area (TPSA) is 22.0 Å². The van der Waals surface area contributed by atoms with Crippen molar-refractivity contribution in [3.63, 3.8) is 0 Å². The smallest absolute Gasteiger partial charge is 0.164 e. The predicted octanol–water partition coefficient (Wildman–Crippen LogP) is 3.72. The van der Waals surface area contributed by atoms with Gasteiger partial charge in [-0.15, -0.1) is 0 Å². The van der Waals surface area contributed by atoms with Crippen LogP contribution in [-0.4, -0.2) is 10.4 Å². The minimum absolute atomic E-state index is 0.0176. The molecule has 0 atom stereocenters. The summed E-state index contributed by atoms with van der Waals surface area (Å²) in [5, 5.41) is 0. The maximum Gasteiger partial charge on any atom is 0.164 e. The first-order valence-electron chi connectivity index (χ1n) is 6.38. The van der Waals surface area contributed by atoms with Gasteiger partial charge in [0, 0.05) is 35.5 Å². The van der Waals surface area contributed by atoms with Gasteiger partial charge in [-0.2, -0.15) is 0 Å². The highest BCUT2D eigenvalue weighted by Crippen LogP contribution is 2.30. The maximum atomic E-state index is 13.9. The number of carbonyl (C=O) groups is 1. The van der Waals surface area contributed by atoms with Crippen molar-refractivity contribution in [2.75, 3.05) is 0 Å². The second-order valence-electron chi connectivity index (χ2n) is 4.98. The lowest BCUT2D eigenvalue weighted by atomic mass is 9.96. The summed E-state index contributed by atoms with van der Waals surface area (Å²) in [7, 11) is 0. The van der Waals surface area contributed by atoms with Crippen molar-refractivity contribution in [1.29, 1.82) is 0 Å². The zero-order valence-corrected chi connectivity index (χ0v) is 10.8. The monoisotopic (exact) mass is 279 g/mol. The van der Waals surface area contributed by atoms with Crippen LogP contribution in [0.2, 0.25) is 0 Å². The van der Waals surface area contributed by atoms with Gasteiger partial charge in [0.1, 0.15) is 11.5 Å². The van der Waals surface area contributed by atoms with Gasteiger partial charge < -0.3 is 4.57 Å². The fourth-order valence-electron chi connectivity index (χ4n) is 2.79. The van der Waals surface area contributed by atoms with E-state index in [2.05, 4.69) is 0 Å². The molecule has 0 saturated heterocycles. The molecule has 3 rings (SSSR count). The van der Waals surface area contributed by atoms with Crippen LogP contribution in [0.3, 0.4) is 0 Å². The van der Waals surface area contributed by atoms with Crippen LogP contribution in [0.1, 0.15) is 34.6 Å². The van der Waals surface area contributed by atoms with Crippen LogP contribution in [0.4, 0.5) is 13.2 Å². The number of carbonyl (C=O) groups excluding carboxylic acids is 1. The number of hydrogen-bond donors (Lipinski definition) is 0. The van der Waals surface area contributed by atoms with Gasteiger partial charge in [0.25, 0.3) is 0 Å². The van der Waals surface area contributed by atoms with Crippen LogP contribution in [0, 0.1) is 24.4 Å². The van der Waals surface area contributed by atoms with E-state index < -0.39 is 17.5 Å². The molecule has 1 aromatic carbocycles. The zero-order chi connectivity index (χ0) is 14.4. The first-order chi connectivity index (χ1) is 9.49. The Morgan fingerprint density at radius 2 is 1.70 bits per heavy atom. The number of benzene rings is 1. The number of fused-ring (bicyclic) bond motifs is 1. The molecule has 0 aliphatic heterocycles. The zero-order valence-electron chi connectivity index (χ0n) is 10.8. The number of hydrogen-bond acceptors (Lipinski definition) is 1. The Kier molecular flexibility index (Phi) is 2.92. The molecule has 1 heterocycles. The Bertz CT molecular complexity index is 695. The van der Waals surface area contributed by atoms with Crippen molar-refractivity contribution < 1.29 is 18.0 Å². The van der Waals surface area contributed by atoms with Gasteiger partial charge >= 0.3 is 0 Å². The quantitative estimate of drug-likeness (QED) is 0.779. The summed E-state index contributed by atoms with van der Waals surface area (Å²) in [6.45, 7) is 1.67. The summed E-state index contributed by atoms with van der Waals surface area (Å²) >= 11 is 0. The molecule has 0 N–H and O–H groups in total. The molecule has 5 heteroatoms. The molecule has 0 fully saturated rings. The SMILES string of the molecule is Cc1cc2c(n1-c1c(F)cc(F)cc1F)CCCC2=O. The van der Waals surface area contributed by atoms with Gasteiger partial charge in [0.15, 0.2) is 17.4 Å². The molecule has 0 bridgehead atoms. The summed E-state index contributed by atoms with van der Waals surface area (Å²) in [6, 6.07) is 2.93. The molecular formula is C15H12F3NO. The highest BCUT2D eigenvalue weighted by atomic mass is 19.1. The van der Waals surface area contributed by atoms with E-state index in [1.807, 2.05) is 0 Å². The van der Waals surface area contributed by atoms with Gasteiger partial charge in [-0.25, -0.2) is 13.2 Å². The standard InChI is InChI=1S/C15H12F3NO/c1-8-5-10-13(3-2-4-14(10)20)19(8)15-11(17)6-9(16)7-12(15)18/h5-7H,2-4H2,1H3. The molecule has 0 spiro atoms. The van der Waals surface area contributed by atoms with Gasteiger partial charge in [0.05, 0.1) is 0 Å². The summed E-state index contributed by atoms with van der Waals surface area (Å²) in [6.07, 6.45) is 1.68. The Balaban J connectivity index is 2.29. The van der Waals surface area contributed by atoms with Crippen LogP contribution in [0.5, 0.6) is 0 Å². The normalized spacial score (nSPS) is 14.5. The Morgan fingerprint density at radius 3 is 2.35 bits per heavy atom. The predicted molar refractivity (Wildman–Crippen MR) is 67.6 cm³/mol. The summed E-state index contributed by atoms with van der Waals surface area (Å²) in [4.78, 5) is 11.8. The fourth-order valence-corrected chi connectivity index (χ4v) is 2.79. The number of nitrogens with zero attached hydrogens (tertiary/aromatic N) is 1. The average molecular weight is 279 g/mol. The highest BCUT2D eigenvalue weighted by molar-refractivity contribution is 5.98. The first kappa shape index (κ1) is 13.0. The van der Waals surface area contributed by atoms with E-state index in [9.17, 15) is 18.0 Å². The van der Waals surface area contributed by atoms with Crippen molar-refractivity contribution in [2.24, 2.45) is 0 Å². The van der Waals surface area contributed by atoms with E-state index in [4.69, 9.17) is 0 Å². The van der Waals surface area contributed by atoms with Crippen molar-refractivity contribution in [3.05, 3.63) is 52.6 Å². The molecule has 0 radical (unpaired) electrons. The second kappa shape index (κ2) is 4.51. The Hall–Kier alpha value is -2.04.